The second kappa shape index (κ2) is 5.20. The van der Waals surface area contributed by atoms with E-state index < -0.39 is 9.84 Å². The van der Waals surface area contributed by atoms with Gasteiger partial charge < -0.3 is 5.32 Å². The molecule has 1 atom stereocenters. The van der Waals surface area contributed by atoms with Gasteiger partial charge in [0.05, 0.1) is 17.9 Å². The van der Waals surface area contributed by atoms with Crippen molar-refractivity contribution in [2.75, 3.05) is 11.5 Å². The molecule has 1 N–H and O–H groups in total. The molecule has 108 valence electrons. The zero-order chi connectivity index (χ0) is 14.2. The van der Waals surface area contributed by atoms with Crippen molar-refractivity contribution in [1.82, 2.24) is 5.32 Å². The third kappa shape index (κ3) is 3.03. The number of sulfone groups is 1. The fourth-order valence-electron chi connectivity index (χ4n) is 3.11. The maximum atomic E-state index is 12.0. The number of nitrogens with one attached hydrogen (secondary N) is 1. The molecule has 2 aliphatic rings. The summed E-state index contributed by atoms with van der Waals surface area (Å²) >= 11 is 0. The largest absolute Gasteiger partial charge is 0.352 e. The molecule has 0 bridgehead atoms. The Labute approximate surface area is 119 Å². The molecule has 5 heteroatoms. The van der Waals surface area contributed by atoms with E-state index in [1.807, 2.05) is 6.07 Å². The minimum atomic E-state index is -2.94. The van der Waals surface area contributed by atoms with Gasteiger partial charge in [-0.3, -0.25) is 4.79 Å². The molecule has 0 saturated carbocycles. The van der Waals surface area contributed by atoms with Gasteiger partial charge in [-0.05, 0) is 42.4 Å². The summed E-state index contributed by atoms with van der Waals surface area (Å²) in [4.78, 5) is 12.0. The zero-order valence-electron chi connectivity index (χ0n) is 11.4. The number of hydrogen-bond acceptors (Lipinski definition) is 3. The standard InChI is InChI=1S/C15H19NO3S/c17-15(16-14-6-7-20(18,19)10-14)9-11-4-5-12-2-1-3-13(12)8-11/h4-5,8,14H,1-3,6-7,9-10H2,(H,16,17). The average Bonchev–Trinajstić information content (AvgIpc) is 2.95. The first kappa shape index (κ1) is 13.6. The van der Waals surface area contributed by atoms with Gasteiger partial charge in [-0.1, -0.05) is 18.2 Å². The molecule has 1 aromatic rings. The molecule has 0 aromatic heterocycles. The van der Waals surface area contributed by atoms with Gasteiger partial charge >= 0.3 is 0 Å². The van der Waals surface area contributed by atoms with Crippen molar-refractivity contribution in [2.24, 2.45) is 0 Å². The Kier molecular flexibility index (Phi) is 3.54. The fourth-order valence-corrected chi connectivity index (χ4v) is 4.78. The second-order valence-corrected chi connectivity index (χ2v) is 8.03. The van der Waals surface area contributed by atoms with Crippen LogP contribution in [0.4, 0.5) is 0 Å². The molecule has 1 fully saturated rings. The summed E-state index contributed by atoms with van der Waals surface area (Å²) in [6.45, 7) is 0. The first-order valence-electron chi connectivity index (χ1n) is 7.12. The van der Waals surface area contributed by atoms with Crippen LogP contribution in [0.25, 0.3) is 0 Å². The number of rotatable bonds is 3. The van der Waals surface area contributed by atoms with Gasteiger partial charge in [-0.25, -0.2) is 8.42 Å². The summed E-state index contributed by atoms with van der Waals surface area (Å²) in [7, 11) is -2.94. The predicted molar refractivity (Wildman–Crippen MR) is 77.4 cm³/mol. The van der Waals surface area contributed by atoms with E-state index in [0.29, 0.717) is 12.8 Å². The van der Waals surface area contributed by atoms with Gasteiger partial charge in [0.1, 0.15) is 0 Å². The summed E-state index contributed by atoms with van der Waals surface area (Å²) in [5.74, 6) is 0.199. The molecule has 1 aliphatic heterocycles. The summed E-state index contributed by atoms with van der Waals surface area (Å²) < 4.78 is 22.7. The molecular weight excluding hydrogens is 274 g/mol. The second-order valence-electron chi connectivity index (χ2n) is 5.80. The molecular formula is C15H19NO3S. The molecule has 20 heavy (non-hydrogen) atoms. The van der Waals surface area contributed by atoms with Crippen LogP contribution in [0.5, 0.6) is 0 Å². The van der Waals surface area contributed by atoms with Crippen molar-refractivity contribution in [3.05, 3.63) is 34.9 Å². The van der Waals surface area contributed by atoms with E-state index >= 15 is 0 Å². The first-order valence-corrected chi connectivity index (χ1v) is 8.94. The highest BCUT2D eigenvalue weighted by molar-refractivity contribution is 7.91. The van der Waals surface area contributed by atoms with E-state index in [4.69, 9.17) is 0 Å². The van der Waals surface area contributed by atoms with Gasteiger partial charge in [0.25, 0.3) is 0 Å². The summed E-state index contributed by atoms with van der Waals surface area (Å²) in [5, 5.41) is 2.83. The smallest absolute Gasteiger partial charge is 0.224 e. The van der Waals surface area contributed by atoms with E-state index in [0.717, 1.165) is 18.4 Å². The fraction of sp³-hybridized carbons (Fsp3) is 0.533. The van der Waals surface area contributed by atoms with Crippen molar-refractivity contribution >= 4 is 15.7 Å². The highest BCUT2D eigenvalue weighted by Crippen LogP contribution is 2.23. The summed E-state index contributed by atoms with van der Waals surface area (Å²) in [6.07, 6.45) is 4.32. The quantitative estimate of drug-likeness (QED) is 0.905. The molecule has 1 aromatic carbocycles. The molecule has 1 saturated heterocycles. The lowest BCUT2D eigenvalue weighted by Gasteiger charge is -2.11. The Bertz CT molecular complexity index is 637. The van der Waals surface area contributed by atoms with Crippen LogP contribution in [0, 0.1) is 0 Å². The van der Waals surface area contributed by atoms with Gasteiger partial charge in [-0.15, -0.1) is 0 Å². The minimum Gasteiger partial charge on any atom is -0.352 e. The monoisotopic (exact) mass is 293 g/mol. The average molecular weight is 293 g/mol. The number of aryl methyl sites for hydroxylation is 2. The topological polar surface area (TPSA) is 63.2 Å². The van der Waals surface area contributed by atoms with Crippen molar-refractivity contribution < 1.29 is 13.2 Å². The van der Waals surface area contributed by atoms with E-state index in [1.54, 1.807) is 0 Å². The Hall–Kier alpha value is -1.36. The molecule has 0 spiro atoms. The third-order valence-corrected chi connectivity index (χ3v) is 5.89. The van der Waals surface area contributed by atoms with Crippen molar-refractivity contribution in [2.45, 2.75) is 38.1 Å². The maximum absolute atomic E-state index is 12.0. The van der Waals surface area contributed by atoms with E-state index in [-0.39, 0.29) is 23.5 Å². The maximum Gasteiger partial charge on any atom is 0.224 e. The lowest BCUT2D eigenvalue weighted by Crippen LogP contribution is -2.36. The van der Waals surface area contributed by atoms with Crippen LogP contribution in [0.15, 0.2) is 18.2 Å². The molecule has 3 rings (SSSR count). The van der Waals surface area contributed by atoms with E-state index in [1.165, 1.54) is 17.5 Å². The third-order valence-electron chi connectivity index (χ3n) is 4.13. The van der Waals surface area contributed by atoms with Crippen LogP contribution in [0.3, 0.4) is 0 Å². The SMILES string of the molecule is O=C(Cc1ccc2c(c1)CCC2)NC1CCS(=O)(=O)C1. The number of carbonyl (C=O) groups is 1. The first-order chi connectivity index (χ1) is 9.52. The van der Waals surface area contributed by atoms with Gasteiger partial charge in [0.15, 0.2) is 9.84 Å². The van der Waals surface area contributed by atoms with Crippen molar-refractivity contribution in [3.63, 3.8) is 0 Å². The van der Waals surface area contributed by atoms with Crippen molar-refractivity contribution in [1.29, 1.82) is 0 Å². The molecule has 1 aliphatic carbocycles. The summed E-state index contributed by atoms with van der Waals surface area (Å²) in [6, 6.07) is 6.04. The number of amides is 1. The van der Waals surface area contributed by atoms with Gasteiger partial charge in [0.2, 0.25) is 5.91 Å². The lowest BCUT2D eigenvalue weighted by molar-refractivity contribution is -0.120. The summed E-state index contributed by atoms with van der Waals surface area (Å²) in [5.41, 5.74) is 3.78. The highest BCUT2D eigenvalue weighted by atomic mass is 32.2. The Morgan fingerprint density at radius 3 is 2.80 bits per heavy atom. The molecule has 1 unspecified atom stereocenters. The predicted octanol–water partition coefficient (Wildman–Crippen LogP) is 1.02. The number of fused-ring (bicyclic) bond motifs is 1. The Morgan fingerprint density at radius 2 is 2.05 bits per heavy atom. The number of benzene rings is 1. The Balaban J connectivity index is 1.59. The van der Waals surface area contributed by atoms with Crippen LogP contribution in [0.2, 0.25) is 0 Å². The normalized spacial score (nSPS) is 23.5. The van der Waals surface area contributed by atoms with Crippen LogP contribution >= 0.6 is 0 Å². The van der Waals surface area contributed by atoms with Gasteiger partial charge in [0, 0.05) is 6.04 Å². The molecule has 1 heterocycles. The number of hydrogen-bond donors (Lipinski definition) is 1. The van der Waals surface area contributed by atoms with E-state index in [9.17, 15) is 13.2 Å². The van der Waals surface area contributed by atoms with Crippen LogP contribution in [-0.2, 0) is 33.9 Å². The number of carbonyl (C=O) groups excluding carboxylic acids is 1. The Morgan fingerprint density at radius 1 is 1.25 bits per heavy atom. The highest BCUT2D eigenvalue weighted by Gasteiger charge is 2.28. The zero-order valence-corrected chi connectivity index (χ0v) is 12.2. The van der Waals surface area contributed by atoms with Crippen LogP contribution in [-0.4, -0.2) is 31.9 Å². The van der Waals surface area contributed by atoms with Crippen LogP contribution in [0.1, 0.15) is 29.5 Å². The minimum absolute atomic E-state index is 0.0787. The van der Waals surface area contributed by atoms with Crippen molar-refractivity contribution in [3.8, 4) is 0 Å². The molecule has 4 nitrogen and oxygen atoms in total. The van der Waals surface area contributed by atoms with Crippen LogP contribution < -0.4 is 5.32 Å². The lowest BCUT2D eigenvalue weighted by atomic mass is 10.0. The molecule has 0 radical (unpaired) electrons. The van der Waals surface area contributed by atoms with Gasteiger partial charge in [-0.2, -0.15) is 0 Å². The molecule has 1 amide bonds. The van der Waals surface area contributed by atoms with E-state index in [2.05, 4.69) is 17.4 Å².